The van der Waals surface area contributed by atoms with Crippen molar-refractivity contribution in [3.63, 3.8) is 0 Å². The van der Waals surface area contributed by atoms with Gasteiger partial charge in [0.25, 0.3) is 5.91 Å². The summed E-state index contributed by atoms with van der Waals surface area (Å²) in [6.07, 6.45) is 1.75. The van der Waals surface area contributed by atoms with Crippen LogP contribution in [-0.2, 0) is 6.54 Å². The predicted octanol–water partition coefficient (Wildman–Crippen LogP) is 3.74. The largest absolute Gasteiger partial charge is 0.330 e. The summed E-state index contributed by atoms with van der Waals surface area (Å²) in [5.74, 6) is 0.0515. The summed E-state index contributed by atoms with van der Waals surface area (Å²) in [4.78, 5) is 18.9. The SMILES string of the molecule is CC(C)N(Cc1ccccn1)C(=O)c1ccccc1I. The van der Waals surface area contributed by atoms with Gasteiger partial charge in [-0.2, -0.15) is 0 Å². The molecule has 0 radical (unpaired) electrons. The summed E-state index contributed by atoms with van der Waals surface area (Å²) in [5, 5.41) is 0. The van der Waals surface area contributed by atoms with E-state index in [9.17, 15) is 4.79 Å². The molecule has 1 aromatic heterocycles. The maximum atomic E-state index is 12.7. The van der Waals surface area contributed by atoms with Crippen LogP contribution >= 0.6 is 22.6 Å². The topological polar surface area (TPSA) is 33.2 Å². The van der Waals surface area contributed by atoms with Crippen LogP contribution < -0.4 is 0 Å². The van der Waals surface area contributed by atoms with Crippen molar-refractivity contribution in [2.45, 2.75) is 26.4 Å². The maximum absolute atomic E-state index is 12.7. The fourth-order valence-electron chi connectivity index (χ4n) is 1.94. The lowest BCUT2D eigenvalue weighted by molar-refractivity contribution is 0.0686. The Balaban J connectivity index is 2.25. The number of hydrogen-bond acceptors (Lipinski definition) is 2. The second-order valence-electron chi connectivity index (χ2n) is 4.83. The van der Waals surface area contributed by atoms with E-state index in [1.807, 2.05) is 61.2 Å². The van der Waals surface area contributed by atoms with Gasteiger partial charge in [-0.3, -0.25) is 9.78 Å². The second kappa shape index (κ2) is 6.83. The van der Waals surface area contributed by atoms with Gasteiger partial charge in [0.15, 0.2) is 0 Å². The monoisotopic (exact) mass is 380 g/mol. The number of halogens is 1. The molecule has 0 aliphatic rings. The van der Waals surface area contributed by atoms with Gasteiger partial charge < -0.3 is 4.90 Å². The van der Waals surface area contributed by atoms with E-state index < -0.39 is 0 Å². The number of carbonyl (C=O) groups is 1. The fraction of sp³-hybridized carbons (Fsp3) is 0.250. The molecule has 2 aromatic rings. The number of rotatable bonds is 4. The summed E-state index contributed by atoms with van der Waals surface area (Å²) < 4.78 is 0.974. The zero-order valence-corrected chi connectivity index (χ0v) is 13.7. The number of aromatic nitrogens is 1. The molecule has 0 fully saturated rings. The highest BCUT2D eigenvalue weighted by atomic mass is 127. The molecule has 0 saturated heterocycles. The van der Waals surface area contributed by atoms with E-state index in [-0.39, 0.29) is 11.9 Å². The third kappa shape index (κ3) is 3.56. The highest BCUT2D eigenvalue weighted by Gasteiger charge is 2.21. The lowest BCUT2D eigenvalue weighted by Crippen LogP contribution is -2.37. The minimum absolute atomic E-state index is 0.0515. The normalized spacial score (nSPS) is 10.6. The number of carbonyl (C=O) groups excluding carboxylic acids is 1. The Hall–Kier alpha value is -1.43. The Morgan fingerprint density at radius 2 is 1.90 bits per heavy atom. The van der Waals surface area contributed by atoms with Gasteiger partial charge in [-0.1, -0.05) is 18.2 Å². The molecule has 0 N–H and O–H groups in total. The van der Waals surface area contributed by atoms with Crippen molar-refractivity contribution < 1.29 is 4.79 Å². The molecule has 104 valence electrons. The highest BCUT2D eigenvalue weighted by Crippen LogP contribution is 2.17. The zero-order chi connectivity index (χ0) is 14.5. The highest BCUT2D eigenvalue weighted by molar-refractivity contribution is 14.1. The number of benzene rings is 1. The van der Waals surface area contributed by atoms with Crippen molar-refractivity contribution in [1.29, 1.82) is 0 Å². The molecule has 4 heteroatoms. The molecule has 0 bridgehead atoms. The Labute approximate surface area is 133 Å². The van der Waals surface area contributed by atoms with Crippen molar-refractivity contribution in [3.8, 4) is 0 Å². The van der Waals surface area contributed by atoms with E-state index in [1.54, 1.807) is 6.20 Å². The van der Waals surface area contributed by atoms with E-state index in [4.69, 9.17) is 0 Å². The molecule has 1 heterocycles. The van der Waals surface area contributed by atoms with Crippen molar-refractivity contribution >= 4 is 28.5 Å². The molecule has 0 aliphatic heterocycles. The first-order valence-electron chi connectivity index (χ1n) is 6.55. The smallest absolute Gasteiger partial charge is 0.255 e. The molecular weight excluding hydrogens is 363 g/mol. The molecule has 0 unspecified atom stereocenters. The van der Waals surface area contributed by atoms with Gasteiger partial charge in [-0.25, -0.2) is 0 Å². The number of pyridine rings is 1. The fourth-order valence-corrected chi connectivity index (χ4v) is 2.56. The molecule has 1 amide bonds. The summed E-state index contributed by atoms with van der Waals surface area (Å²) >= 11 is 2.20. The number of nitrogens with zero attached hydrogens (tertiary/aromatic N) is 2. The van der Waals surface area contributed by atoms with Gasteiger partial charge in [0, 0.05) is 15.8 Å². The Bertz CT molecular complexity index is 584. The van der Waals surface area contributed by atoms with Gasteiger partial charge in [0.05, 0.1) is 17.8 Å². The van der Waals surface area contributed by atoms with Gasteiger partial charge in [0.2, 0.25) is 0 Å². The average molecular weight is 380 g/mol. The van der Waals surface area contributed by atoms with Crippen LogP contribution in [0.4, 0.5) is 0 Å². The van der Waals surface area contributed by atoms with Crippen molar-refractivity contribution in [1.82, 2.24) is 9.88 Å². The molecule has 0 spiro atoms. The molecule has 0 aliphatic carbocycles. The first-order valence-corrected chi connectivity index (χ1v) is 7.63. The van der Waals surface area contributed by atoms with Crippen LogP contribution in [0.5, 0.6) is 0 Å². The molecule has 2 rings (SSSR count). The summed E-state index contributed by atoms with van der Waals surface area (Å²) in [7, 11) is 0. The van der Waals surface area contributed by atoms with Gasteiger partial charge in [-0.05, 0) is 60.7 Å². The third-order valence-corrected chi connectivity index (χ3v) is 3.99. The second-order valence-corrected chi connectivity index (χ2v) is 5.99. The molecule has 1 aromatic carbocycles. The number of amides is 1. The van der Waals surface area contributed by atoms with Crippen LogP contribution in [0.25, 0.3) is 0 Å². The Morgan fingerprint density at radius 3 is 2.50 bits per heavy atom. The summed E-state index contributed by atoms with van der Waals surface area (Å²) in [6.45, 7) is 4.58. The van der Waals surface area contributed by atoms with E-state index >= 15 is 0 Å². The van der Waals surface area contributed by atoms with E-state index in [1.165, 1.54) is 0 Å². The minimum Gasteiger partial charge on any atom is -0.330 e. The lowest BCUT2D eigenvalue weighted by atomic mass is 10.1. The molecule has 0 saturated carbocycles. The minimum atomic E-state index is 0.0515. The van der Waals surface area contributed by atoms with Crippen LogP contribution in [0.15, 0.2) is 48.7 Å². The Kier molecular flexibility index (Phi) is 5.11. The van der Waals surface area contributed by atoms with Crippen LogP contribution in [-0.4, -0.2) is 21.8 Å². The molecule has 20 heavy (non-hydrogen) atoms. The average Bonchev–Trinajstić information content (AvgIpc) is 2.45. The van der Waals surface area contributed by atoms with Gasteiger partial charge in [0.1, 0.15) is 0 Å². The van der Waals surface area contributed by atoms with Crippen LogP contribution in [0.3, 0.4) is 0 Å². The van der Waals surface area contributed by atoms with E-state index in [2.05, 4.69) is 27.6 Å². The van der Waals surface area contributed by atoms with Gasteiger partial charge >= 0.3 is 0 Å². The summed E-state index contributed by atoms with van der Waals surface area (Å²) in [6, 6.07) is 13.6. The van der Waals surface area contributed by atoms with Gasteiger partial charge in [-0.15, -0.1) is 0 Å². The summed E-state index contributed by atoms with van der Waals surface area (Å²) in [5.41, 5.74) is 1.65. The predicted molar refractivity (Wildman–Crippen MR) is 88.4 cm³/mol. The number of hydrogen-bond donors (Lipinski definition) is 0. The quantitative estimate of drug-likeness (QED) is 0.758. The Morgan fingerprint density at radius 1 is 1.20 bits per heavy atom. The molecule has 0 atom stereocenters. The zero-order valence-electron chi connectivity index (χ0n) is 11.6. The molecule has 3 nitrogen and oxygen atoms in total. The first kappa shape index (κ1) is 15.0. The van der Waals surface area contributed by atoms with Crippen LogP contribution in [0.2, 0.25) is 0 Å². The third-order valence-electron chi connectivity index (χ3n) is 3.05. The van der Waals surface area contributed by atoms with Crippen molar-refractivity contribution in [2.24, 2.45) is 0 Å². The molecular formula is C16H17IN2O. The van der Waals surface area contributed by atoms with Crippen molar-refractivity contribution in [2.75, 3.05) is 0 Å². The van der Waals surface area contributed by atoms with Crippen LogP contribution in [0, 0.1) is 3.57 Å². The van der Waals surface area contributed by atoms with E-state index in [0.29, 0.717) is 6.54 Å². The van der Waals surface area contributed by atoms with E-state index in [0.717, 1.165) is 14.8 Å². The lowest BCUT2D eigenvalue weighted by Gasteiger charge is -2.27. The first-order chi connectivity index (χ1) is 9.59. The maximum Gasteiger partial charge on any atom is 0.255 e. The standard InChI is InChI=1S/C16H17IN2O/c1-12(2)19(11-13-7-5-6-10-18-13)16(20)14-8-3-4-9-15(14)17/h3-10,12H,11H2,1-2H3. The van der Waals surface area contributed by atoms with Crippen molar-refractivity contribution in [3.05, 3.63) is 63.5 Å². The van der Waals surface area contributed by atoms with Crippen LogP contribution in [0.1, 0.15) is 29.9 Å².